The second-order valence-corrected chi connectivity index (χ2v) is 5.57. The third-order valence-corrected chi connectivity index (χ3v) is 3.97. The molecule has 1 fully saturated rings. The lowest BCUT2D eigenvalue weighted by Crippen LogP contribution is -2.35. The lowest BCUT2D eigenvalue weighted by molar-refractivity contribution is -0.385. The third-order valence-electron chi connectivity index (χ3n) is 3.97. The van der Waals surface area contributed by atoms with Gasteiger partial charge < -0.3 is 20.1 Å². The highest BCUT2D eigenvalue weighted by atomic mass is 19.4. The monoisotopic (exact) mass is 377 g/mol. The molecule has 0 spiro atoms. The van der Waals surface area contributed by atoms with E-state index in [9.17, 15) is 32.9 Å². The number of rotatable bonds is 4. The van der Waals surface area contributed by atoms with E-state index < -0.39 is 53.7 Å². The van der Waals surface area contributed by atoms with E-state index in [-0.39, 0.29) is 11.4 Å². The van der Waals surface area contributed by atoms with Crippen molar-refractivity contribution in [2.24, 2.45) is 11.8 Å². The van der Waals surface area contributed by atoms with Gasteiger partial charge in [0, 0.05) is 24.8 Å². The first-order valence-corrected chi connectivity index (χ1v) is 7.22. The number of alkyl halides is 3. The zero-order valence-corrected chi connectivity index (χ0v) is 13.3. The molecule has 0 aromatic heterocycles. The SMILES string of the molecule is COc1ccc(NC(=O)N2C[C@@H](C(F)(F)F)[C@H](C(=O)O)C2)cc1[N+](=O)[O-]. The van der Waals surface area contributed by atoms with Gasteiger partial charge in [0.2, 0.25) is 0 Å². The number of benzene rings is 1. The first-order chi connectivity index (χ1) is 12.0. The van der Waals surface area contributed by atoms with E-state index >= 15 is 0 Å². The number of carbonyl (C=O) groups excluding carboxylic acids is 1. The first kappa shape index (κ1) is 19.3. The summed E-state index contributed by atoms with van der Waals surface area (Å²) in [7, 11) is 1.22. The standard InChI is InChI=1S/C14H14F3N3O6/c1-26-11-3-2-7(4-10(11)20(24)25)18-13(23)19-5-8(12(21)22)9(6-19)14(15,16)17/h2-4,8-9H,5-6H2,1H3,(H,18,23)(H,21,22)/t8-,9-/m1/s1. The maximum Gasteiger partial charge on any atom is 0.394 e. The molecular formula is C14H14F3N3O6. The number of hydrogen-bond acceptors (Lipinski definition) is 5. The molecule has 1 aliphatic rings. The van der Waals surface area contributed by atoms with Crippen molar-refractivity contribution in [1.29, 1.82) is 0 Å². The van der Waals surface area contributed by atoms with Crippen molar-refractivity contribution in [3.8, 4) is 5.75 Å². The number of carbonyl (C=O) groups is 2. The molecule has 2 amide bonds. The minimum Gasteiger partial charge on any atom is -0.490 e. The molecule has 1 heterocycles. The first-order valence-electron chi connectivity index (χ1n) is 7.22. The number of nitro groups is 1. The fourth-order valence-corrected chi connectivity index (χ4v) is 2.66. The molecule has 26 heavy (non-hydrogen) atoms. The number of carboxylic acids is 1. The van der Waals surface area contributed by atoms with Crippen LogP contribution in [-0.4, -0.2) is 53.3 Å². The Morgan fingerprint density at radius 2 is 2.04 bits per heavy atom. The number of aliphatic carboxylic acids is 1. The summed E-state index contributed by atoms with van der Waals surface area (Å²) in [5.41, 5.74) is -0.479. The largest absolute Gasteiger partial charge is 0.490 e. The van der Waals surface area contributed by atoms with Gasteiger partial charge in [-0.05, 0) is 12.1 Å². The molecule has 0 aliphatic carbocycles. The summed E-state index contributed by atoms with van der Waals surface area (Å²) >= 11 is 0. The Bertz CT molecular complexity index is 739. The summed E-state index contributed by atoms with van der Waals surface area (Å²) in [5, 5.41) is 22.1. The fourth-order valence-electron chi connectivity index (χ4n) is 2.66. The molecule has 1 aromatic carbocycles. The van der Waals surface area contributed by atoms with E-state index in [1.54, 1.807) is 0 Å². The summed E-state index contributed by atoms with van der Waals surface area (Å²) in [6.07, 6.45) is -4.77. The molecule has 0 unspecified atom stereocenters. The summed E-state index contributed by atoms with van der Waals surface area (Å²) in [6, 6.07) is 2.50. The highest BCUT2D eigenvalue weighted by molar-refractivity contribution is 5.90. The van der Waals surface area contributed by atoms with Gasteiger partial charge >= 0.3 is 23.9 Å². The zero-order chi connectivity index (χ0) is 19.6. The van der Waals surface area contributed by atoms with Gasteiger partial charge in [0.05, 0.1) is 23.9 Å². The van der Waals surface area contributed by atoms with Gasteiger partial charge in [-0.3, -0.25) is 14.9 Å². The highest BCUT2D eigenvalue weighted by Crippen LogP contribution is 2.38. The summed E-state index contributed by atoms with van der Waals surface area (Å²) in [5.74, 6) is -5.66. The number of methoxy groups -OCH3 is 1. The zero-order valence-electron chi connectivity index (χ0n) is 13.3. The van der Waals surface area contributed by atoms with Crippen molar-refractivity contribution in [3.63, 3.8) is 0 Å². The van der Waals surface area contributed by atoms with Crippen LogP contribution in [0.3, 0.4) is 0 Å². The smallest absolute Gasteiger partial charge is 0.394 e. The lowest BCUT2D eigenvalue weighted by Gasteiger charge is -2.18. The Balaban J connectivity index is 2.17. The summed E-state index contributed by atoms with van der Waals surface area (Å²) in [6.45, 7) is -1.44. The number of ether oxygens (including phenoxy) is 1. The van der Waals surface area contributed by atoms with Crippen molar-refractivity contribution in [2.75, 3.05) is 25.5 Å². The van der Waals surface area contributed by atoms with E-state index in [1.165, 1.54) is 19.2 Å². The van der Waals surface area contributed by atoms with Crippen LogP contribution < -0.4 is 10.1 Å². The van der Waals surface area contributed by atoms with Crippen LogP contribution in [0.2, 0.25) is 0 Å². The van der Waals surface area contributed by atoms with E-state index in [4.69, 9.17) is 9.84 Å². The number of nitro benzene ring substituents is 1. The van der Waals surface area contributed by atoms with Crippen LogP contribution >= 0.6 is 0 Å². The van der Waals surface area contributed by atoms with Gasteiger partial charge in [0.25, 0.3) is 0 Å². The normalized spacial score (nSPS) is 19.9. The summed E-state index contributed by atoms with van der Waals surface area (Å²) < 4.78 is 43.7. The number of likely N-dealkylation sites (tertiary alicyclic amines) is 1. The van der Waals surface area contributed by atoms with E-state index in [0.29, 0.717) is 4.90 Å². The number of hydrogen-bond donors (Lipinski definition) is 2. The lowest BCUT2D eigenvalue weighted by atomic mass is 9.96. The van der Waals surface area contributed by atoms with Crippen LogP contribution in [0.15, 0.2) is 18.2 Å². The number of nitrogens with one attached hydrogen (secondary N) is 1. The minimum absolute atomic E-state index is 0.0372. The molecule has 9 nitrogen and oxygen atoms in total. The van der Waals surface area contributed by atoms with Gasteiger partial charge in [-0.2, -0.15) is 13.2 Å². The van der Waals surface area contributed by atoms with Gasteiger partial charge in [-0.15, -0.1) is 0 Å². The average Bonchev–Trinajstić information content (AvgIpc) is 3.00. The summed E-state index contributed by atoms with van der Waals surface area (Å²) in [4.78, 5) is 34.1. The highest BCUT2D eigenvalue weighted by Gasteiger charge is 2.53. The maximum absolute atomic E-state index is 12.9. The molecule has 0 radical (unpaired) electrons. The van der Waals surface area contributed by atoms with Crippen LogP contribution in [-0.2, 0) is 4.79 Å². The van der Waals surface area contributed by atoms with Crippen LogP contribution in [0.25, 0.3) is 0 Å². The number of nitrogens with zero attached hydrogens (tertiary/aromatic N) is 2. The number of urea groups is 1. The molecule has 2 rings (SSSR count). The van der Waals surface area contributed by atoms with Gasteiger partial charge in [0.1, 0.15) is 0 Å². The second kappa shape index (κ2) is 7.06. The van der Waals surface area contributed by atoms with Crippen LogP contribution in [0.4, 0.5) is 29.3 Å². The Labute approximate surface area is 144 Å². The van der Waals surface area contributed by atoms with Gasteiger partial charge in [-0.1, -0.05) is 0 Å². The van der Waals surface area contributed by atoms with Crippen molar-refractivity contribution in [3.05, 3.63) is 28.3 Å². The van der Waals surface area contributed by atoms with Crippen molar-refractivity contribution in [1.82, 2.24) is 4.90 Å². The molecule has 12 heteroatoms. The maximum atomic E-state index is 12.9. The van der Waals surface area contributed by atoms with Crippen molar-refractivity contribution < 1.29 is 37.5 Å². The number of anilines is 1. The molecule has 0 saturated carbocycles. The second-order valence-electron chi connectivity index (χ2n) is 5.57. The van der Waals surface area contributed by atoms with E-state index in [2.05, 4.69) is 5.32 Å². The fraction of sp³-hybridized carbons (Fsp3) is 0.429. The topological polar surface area (TPSA) is 122 Å². The molecule has 2 atom stereocenters. The molecule has 0 bridgehead atoms. The predicted octanol–water partition coefficient (Wildman–Crippen LogP) is 2.33. The Morgan fingerprint density at radius 1 is 1.38 bits per heavy atom. The predicted molar refractivity (Wildman–Crippen MR) is 80.9 cm³/mol. The molecule has 1 aliphatic heterocycles. The number of halogens is 3. The Hall–Kier alpha value is -3.05. The molecule has 1 aromatic rings. The van der Waals surface area contributed by atoms with Crippen molar-refractivity contribution in [2.45, 2.75) is 6.18 Å². The van der Waals surface area contributed by atoms with Crippen LogP contribution in [0.5, 0.6) is 5.75 Å². The van der Waals surface area contributed by atoms with Crippen molar-refractivity contribution >= 4 is 23.4 Å². The van der Waals surface area contributed by atoms with Crippen LogP contribution in [0.1, 0.15) is 0 Å². The Kier molecular flexibility index (Phi) is 5.23. The van der Waals surface area contributed by atoms with Gasteiger partial charge in [-0.25, -0.2) is 4.79 Å². The van der Waals surface area contributed by atoms with Crippen LogP contribution in [0, 0.1) is 22.0 Å². The van der Waals surface area contributed by atoms with Gasteiger partial charge in [0.15, 0.2) is 5.75 Å². The molecule has 1 saturated heterocycles. The minimum atomic E-state index is -4.77. The number of amides is 2. The quantitative estimate of drug-likeness (QED) is 0.613. The average molecular weight is 377 g/mol. The van der Waals surface area contributed by atoms with E-state index in [1.807, 2.05) is 0 Å². The Morgan fingerprint density at radius 3 is 2.50 bits per heavy atom. The molecular weight excluding hydrogens is 363 g/mol. The van der Waals surface area contributed by atoms with E-state index in [0.717, 1.165) is 6.07 Å². The molecule has 142 valence electrons. The third kappa shape index (κ3) is 3.95. The molecule has 2 N–H and O–H groups in total. The number of carboxylic acid groups (broad SMARTS) is 1.